The van der Waals surface area contributed by atoms with E-state index in [2.05, 4.69) is 24.5 Å². The maximum atomic E-state index is 12.2. The molecule has 3 rings (SSSR count). The van der Waals surface area contributed by atoms with E-state index in [-0.39, 0.29) is 18.0 Å². The molecule has 6 heteroatoms. The molecule has 0 spiro atoms. The summed E-state index contributed by atoms with van der Waals surface area (Å²) in [5, 5.41) is 3.23. The van der Waals surface area contributed by atoms with Crippen LogP contribution in [0, 0.1) is 0 Å². The van der Waals surface area contributed by atoms with Crippen LogP contribution in [0.3, 0.4) is 0 Å². The van der Waals surface area contributed by atoms with Crippen LogP contribution in [0.4, 0.5) is 0 Å². The van der Waals surface area contributed by atoms with Crippen molar-refractivity contribution in [3.63, 3.8) is 0 Å². The zero-order valence-electron chi connectivity index (χ0n) is 18.6. The largest absolute Gasteiger partial charge is 0.493 e. The molecule has 1 unspecified atom stereocenters. The molecule has 0 saturated carbocycles. The maximum Gasteiger partial charge on any atom is 0.217 e. The standard InChI is InChI=1S/C24H32N2O4/c1-17(27)25-22(18-11-7-6-8-12-18)23(26(2)13-9-10-14-26)19-15-20(28-3)24(30-5)21(16-19)29-4/h6-8,11-12,15-16,22-23H,9-10,13-14H2,1-5H3/p+1/t22-,23?/m0/s1. The molecule has 1 heterocycles. The van der Waals surface area contributed by atoms with Crippen molar-refractivity contribution < 1.29 is 23.5 Å². The topological polar surface area (TPSA) is 56.8 Å². The summed E-state index contributed by atoms with van der Waals surface area (Å²) in [5.74, 6) is 1.77. The van der Waals surface area contributed by atoms with Gasteiger partial charge in [0, 0.05) is 25.3 Å². The molecule has 2 aromatic carbocycles. The fourth-order valence-electron chi connectivity index (χ4n) is 4.74. The first-order valence-corrected chi connectivity index (χ1v) is 10.4. The molecule has 0 aliphatic carbocycles. The number of hydrogen-bond acceptors (Lipinski definition) is 4. The zero-order chi connectivity index (χ0) is 21.7. The number of hydrogen-bond donors (Lipinski definition) is 1. The van der Waals surface area contributed by atoms with Gasteiger partial charge in [0.25, 0.3) is 0 Å². The summed E-state index contributed by atoms with van der Waals surface area (Å²) >= 11 is 0. The van der Waals surface area contributed by atoms with E-state index in [0.29, 0.717) is 17.2 Å². The average Bonchev–Trinajstić information content (AvgIpc) is 3.19. The molecule has 2 aromatic rings. The number of amides is 1. The lowest BCUT2D eigenvalue weighted by Gasteiger charge is -2.43. The molecule has 2 atom stereocenters. The lowest BCUT2D eigenvalue weighted by atomic mass is 9.90. The molecule has 1 N–H and O–H groups in total. The predicted octanol–water partition coefficient (Wildman–Crippen LogP) is 3.87. The van der Waals surface area contributed by atoms with Crippen LogP contribution in [-0.4, -0.2) is 51.9 Å². The summed E-state index contributed by atoms with van der Waals surface area (Å²) < 4.78 is 17.6. The van der Waals surface area contributed by atoms with E-state index in [4.69, 9.17) is 14.2 Å². The van der Waals surface area contributed by atoms with Crippen LogP contribution in [0.15, 0.2) is 42.5 Å². The Morgan fingerprint density at radius 3 is 1.97 bits per heavy atom. The van der Waals surface area contributed by atoms with Crippen LogP contribution in [0.25, 0.3) is 0 Å². The lowest BCUT2D eigenvalue weighted by Crippen LogP contribution is -2.50. The number of ether oxygens (including phenoxy) is 3. The van der Waals surface area contributed by atoms with Crippen LogP contribution in [0.2, 0.25) is 0 Å². The fourth-order valence-corrected chi connectivity index (χ4v) is 4.74. The lowest BCUT2D eigenvalue weighted by molar-refractivity contribution is -0.930. The Bertz CT molecular complexity index is 838. The van der Waals surface area contributed by atoms with Crippen molar-refractivity contribution >= 4 is 5.91 Å². The van der Waals surface area contributed by atoms with Crippen molar-refractivity contribution in [1.82, 2.24) is 5.32 Å². The first-order chi connectivity index (χ1) is 14.4. The molecule has 0 radical (unpaired) electrons. The molecule has 0 aromatic heterocycles. The molecular weight excluding hydrogens is 380 g/mol. The van der Waals surface area contributed by atoms with Crippen molar-refractivity contribution in [1.29, 1.82) is 0 Å². The van der Waals surface area contributed by atoms with Gasteiger partial charge in [0.2, 0.25) is 11.7 Å². The highest BCUT2D eigenvalue weighted by Gasteiger charge is 2.44. The summed E-state index contributed by atoms with van der Waals surface area (Å²) in [4.78, 5) is 12.2. The minimum absolute atomic E-state index is 0.00694. The molecule has 6 nitrogen and oxygen atoms in total. The van der Waals surface area contributed by atoms with Crippen molar-refractivity contribution in [2.75, 3.05) is 41.5 Å². The first-order valence-electron chi connectivity index (χ1n) is 10.4. The maximum absolute atomic E-state index is 12.2. The third kappa shape index (κ3) is 4.38. The first kappa shape index (κ1) is 22.0. The average molecular weight is 414 g/mol. The number of likely N-dealkylation sites (N-methyl/N-ethyl adjacent to an activating group) is 1. The van der Waals surface area contributed by atoms with Gasteiger partial charge in [-0.15, -0.1) is 0 Å². The second-order valence-corrected chi connectivity index (χ2v) is 8.13. The van der Waals surface area contributed by atoms with Gasteiger partial charge in [0.1, 0.15) is 12.1 Å². The molecule has 1 fully saturated rings. The fraction of sp³-hybridized carbons (Fsp3) is 0.458. The van der Waals surface area contributed by atoms with Crippen molar-refractivity contribution in [2.24, 2.45) is 0 Å². The number of nitrogens with zero attached hydrogens (tertiary/aromatic N) is 1. The number of quaternary nitrogens is 1. The van der Waals surface area contributed by atoms with Crippen molar-refractivity contribution in [3.05, 3.63) is 53.6 Å². The van der Waals surface area contributed by atoms with Gasteiger partial charge in [-0.2, -0.15) is 0 Å². The van der Waals surface area contributed by atoms with E-state index in [9.17, 15) is 4.79 Å². The minimum atomic E-state index is -0.186. The highest BCUT2D eigenvalue weighted by molar-refractivity contribution is 5.73. The molecule has 1 saturated heterocycles. The Morgan fingerprint density at radius 1 is 0.933 bits per heavy atom. The van der Waals surface area contributed by atoms with Gasteiger partial charge in [0.15, 0.2) is 11.5 Å². The van der Waals surface area contributed by atoms with E-state index >= 15 is 0 Å². The minimum Gasteiger partial charge on any atom is -0.493 e. The van der Waals surface area contributed by atoms with Gasteiger partial charge in [-0.1, -0.05) is 30.3 Å². The third-order valence-corrected chi connectivity index (χ3v) is 6.12. The number of benzene rings is 2. The SMILES string of the molecule is COc1cc(C([C@@H](NC(C)=O)c2ccccc2)[N+]2(C)CCCC2)cc(OC)c1OC. The van der Waals surface area contributed by atoms with Crippen LogP contribution in [0.5, 0.6) is 17.2 Å². The smallest absolute Gasteiger partial charge is 0.217 e. The Kier molecular flexibility index (Phi) is 6.87. The number of carbonyl (C=O) groups is 1. The zero-order valence-corrected chi connectivity index (χ0v) is 18.6. The second-order valence-electron chi connectivity index (χ2n) is 8.13. The quantitative estimate of drug-likeness (QED) is 0.668. The highest BCUT2D eigenvalue weighted by Crippen LogP contribution is 2.46. The summed E-state index contributed by atoms with van der Waals surface area (Å²) in [6.45, 7) is 3.67. The predicted molar refractivity (Wildman–Crippen MR) is 117 cm³/mol. The van der Waals surface area contributed by atoms with Crippen LogP contribution in [0.1, 0.15) is 43.0 Å². The van der Waals surface area contributed by atoms with Gasteiger partial charge < -0.3 is 24.0 Å². The Balaban J connectivity index is 2.21. The molecule has 0 bridgehead atoms. The van der Waals surface area contributed by atoms with E-state index in [0.717, 1.165) is 28.7 Å². The number of rotatable bonds is 8. The van der Waals surface area contributed by atoms with Gasteiger partial charge >= 0.3 is 0 Å². The second kappa shape index (κ2) is 9.39. The normalized spacial score (nSPS) is 17.1. The molecule has 1 amide bonds. The summed E-state index contributed by atoms with van der Waals surface area (Å²) in [6, 6.07) is 14.0. The molecule has 1 aliphatic heterocycles. The van der Waals surface area contributed by atoms with E-state index in [1.54, 1.807) is 28.3 Å². The Morgan fingerprint density at radius 2 is 1.50 bits per heavy atom. The highest BCUT2D eigenvalue weighted by atomic mass is 16.5. The molecular formula is C24H33N2O4+. The summed E-state index contributed by atoms with van der Waals surface area (Å²) in [6.07, 6.45) is 2.33. The number of carbonyl (C=O) groups excluding carboxylic acids is 1. The van der Waals surface area contributed by atoms with Crippen LogP contribution in [-0.2, 0) is 4.79 Å². The molecule has 162 valence electrons. The molecule has 30 heavy (non-hydrogen) atoms. The van der Waals surface area contributed by atoms with E-state index < -0.39 is 0 Å². The Hall–Kier alpha value is -2.73. The van der Waals surface area contributed by atoms with E-state index in [1.807, 2.05) is 30.3 Å². The number of likely N-dealkylation sites (tertiary alicyclic amines) is 1. The summed E-state index contributed by atoms with van der Waals surface area (Å²) in [5.41, 5.74) is 2.13. The van der Waals surface area contributed by atoms with E-state index in [1.165, 1.54) is 12.8 Å². The number of nitrogens with one attached hydrogen (secondary N) is 1. The number of methoxy groups -OCH3 is 3. The summed E-state index contributed by atoms with van der Waals surface area (Å²) in [7, 11) is 7.14. The third-order valence-electron chi connectivity index (χ3n) is 6.12. The van der Waals surface area contributed by atoms with Crippen LogP contribution >= 0.6 is 0 Å². The Labute approximate surface area is 179 Å². The van der Waals surface area contributed by atoms with Crippen molar-refractivity contribution in [3.8, 4) is 17.2 Å². The van der Waals surface area contributed by atoms with Crippen molar-refractivity contribution in [2.45, 2.75) is 31.8 Å². The van der Waals surface area contributed by atoms with Gasteiger partial charge in [-0.05, 0) is 17.7 Å². The monoisotopic (exact) mass is 413 g/mol. The van der Waals surface area contributed by atoms with Gasteiger partial charge in [0.05, 0.1) is 41.5 Å². The van der Waals surface area contributed by atoms with Gasteiger partial charge in [-0.25, -0.2) is 0 Å². The van der Waals surface area contributed by atoms with Crippen LogP contribution < -0.4 is 19.5 Å². The molecule has 1 aliphatic rings. The van der Waals surface area contributed by atoms with Gasteiger partial charge in [-0.3, -0.25) is 4.79 Å².